The molecule has 74 valence electrons. The largest absolute Gasteiger partial charge is 0.405 e. The van der Waals surface area contributed by atoms with Crippen LogP contribution in [0.3, 0.4) is 0 Å². The first-order chi connectivity index (χ1) is 6.88. The molecule has 1 aromatic rings. The van der Waals surface area contributed by atoms with E-state index in [4.69, 9.17) is 11.5 Å². The van der Waals surface area contributed by atoms with Gasteiger partial charge in [0, 0.05) is 0 Å². The first kappa shape index (κ1) is 10.4. The van der Waals surface area contributed by atoms with E-state index >= 15 is 0 Å². The highest BCUT2D eigenvalue weighted by Crippen LogP contribution is 2.10. The number of allylic oxidation sites excluding steroid dienone is 2. The van der Waals surface area contributed by atoms with Crippen LogP contribution in [0.2, 0.25) is 0 Å². The van der Waals surface area contributed by atoms with Crippen molar-refractivity contribution in [3.8, 4) is 0 Å². The van der Waals surface area contributed by atoms with Gasteiger partial charge in [-0.25, -0.2) is 0 Å². The van der Waals surface area contributed by atoms with Crippen molar-refractivity contribution in [2.45, 2.75) is 12.8 Å². The van der Waals surface area contributed by atoms with Gasteiger partial charge in [-0.2, -0.15) is 0 Å². The van der Waals surface area contributed by atoms with Gasteiger partial charge in [-0.3, -0.25) is 0 Å². The quantitative estimate of drug-likeness (QED) is 0.755. The van der Waals surface area contributed by atoms with E-state index in [9.17, 15) is 0 Å². The smallest absolute Gasteiger partial charge is 0.00774 e. The second-order valence-corrected chi connectivity index (χ2v) is 3.03. The van der Waals surface area contributed by atoms with Crippen LogP contribution < -0.4 is 11.5 Å². The maximum atomic E-state index is 5.31. The first-order valence-electron chi connectivity index (χ1n) is 4.68. The van der Waals surface area contributed by atoms with E-state index < -0.39 is 0 Å². The molecule has 1 aromatic carbocycles. The highest BCUT2D eigenvalue weighted by molar-refractivity contribution is 5.30. The third-order valence-electron chi connectivity index (χ3n) is 2.07. The highest BCUT2D eigenvalue weighted by atomic mass is 14.5. The summed E-state index contributed by atoms with van der Waals surface area (Å²) in [5, 5.41) is 0. The van der Waals surface area contributed by atoms with Gasteiger partial charge in [0.1, 0.15) is 0 Å². The van der Waals surface area contributed by atoms with E-state index in [0.717, 1.165) is 12.8 Å². The second-order valence-electron chi connectivity index (χ2n) is 3.03. The monoisotopic (exact) mass is 188 g/mol. The van der Waals surface area contributed by atoms with E-state index in [0.29, 0.717) is 0 Å². The molecule has 14 heavy (non-hydrogen) atoms. The van der Waals surface area contributed by atoms with E-state index in [-0.39, 0.29) is 0 Å². The van der Waals surface area contributed by atoms with Crippen molar-refractivity contribution in [1.29, 1.82) is 0 Å². The van der Waals surface area contributed by atoms with Gasteiger partial charge < -0.3 is 11.5 Å². The Balaban J connectivity index is 2.79. The van der Waals surface area contributed by atoms with Gasteiger partial charge in [0.05, 0.1) is 0 Å². The van der Waals surface area contributed by atoms with Gasteiger partial charge in [0.25, 0.3) is 0 Å². The number of hydrogen-bond donors (Lipinski definition) is 2. The predicted octanol–water partition coefficient (Wildman–Crippen LogP) is 1.72. The third-order valence-corrected chi connectivity index (χ3v) is 2.07. The van der Waals surface area contributed by atoms with Crippen LogP contribution in [0, 0.1) is 0 Å². The summed E-state index contributed by atoms with van der Waals surface area (Å²) in [5.74, 6) is 0. The molecule has 0 saturated heterocycles. The molecular weight excluding hydrogens is 172 g/mol. The van der Waals surface area contributed by atoms with Crippen LogP contribution in [0.1, 0.15) is 11.1 Å². The maximum absolute atomic E-state index is 5.31. The Labute approximate surface area is 84.9 Å². The number of hydrogen-bond acceptors (Lipinski definition) is 2. The van der Waals surface area contributed by atoms with Crippen LogP contribution in [0.25, 0.3) is 0 Å². The van der Waals surface area contributed by atoms with E-state index in [1.54, 1.807) is 12.4 Å². The summed E-state index contributed by atoms with van der Waals surface area (Å²) >= 11 is 0. The molecule has 0 bridgehead atoms. The molecule has 0 aromatic heterocycles. The minimum absolute atomic E-state index is 0.880. The summed E-state index contributed by atoms with van der Waals surface area (Å²) in [6.07, 6.45) is 8.82. The molecular formula is C12H16N2. The van der Waals surface area contributed by atoms with Crippen molar-refractivity contribution in [1.82, 2.24) is 0 Å². The fraction of sp³-hybridized carbons (Fsp3) is 0.167. The Morgan fingerprint density at radius 1 is 0.857 bits per heavy atom. The molecule has 4 N–H and O–H groups in total. The van der Waals surface area contributed by atoms with Crippen molar-refractivity contribution in [2.75, 3.05) is 0 Å². The molecule has 0 amide bonds. The normalized spacial score (nSPS) is 11.4. The molecule has 0 heterocycles. The SMILES string of the molecule is NC=CCc1ccccc1CC=CN. The third kappa shape index (κ3) is 2.98. The van der Waals surface area contributed by atoms with Gasteiger partial charge in [-0.05, 0) is 36.4 Å². The van der Waals surface area contributed by atoms with Gasteiger partial charge >= 0.3 is 0 Å². The number of benzene rings is 1. The molecule has 0 saturated carbocycles. The second kappa shape index (κ2) is 5.86. The van der Waals surface area contributed by atoms with Crippen LogP contribution >= 0.6 is 0 Å². The van der Waals surface area contributed by atoms with Crippen LogP contribution in [0.4, 0.5) is 0 Å². The molecule has 0 aliphatic carbocycles. The lowest BCUT2D eigenvalue weighted by Crippen LogP contribution is -1.92. The van der Waals surface area contributed by atoms with Crippen molar-refractivity contribution in [3.63, 3.8) is 0 Å². The summed E-state index contributed by atoms with van der Waals surface area (Å²) in [5.41, 5.74) is 13.2. The average Bonchev–Trinajstić information content (AvgIpc) is 2.24. The molecule has 0 aliphatic heterocycles. The molecule has 0 aliphatic rings. The minimum atomic E-state index is 0.880. The molecule has 0 unspecified atom stereocenters. The van der Waals surface area contributed by atoms with E-state index in [1.165, 1.54) is 11.1 Å². The average molecular weight is 188 g/mol. The first-order valence-corrected chi connectivity index (χ1v) is 4.68. The summed E-state index contributed by atoms with van der Waals surface area (Å²) in [4.78, 5) is 0. The topological polar surface area (TPSA) is 52.0 Å². The Morgan fingerprint density at radius 2 is 1.29 bits per heavy atom. The maximum Gasteiger partial charge on any atom is -0.00774 e. The van der Waals surface area contributed by atoms with Crippen LogP contribution in [0.15, 0.2) is 48.8 Å². The number of rotatable bonds is 4. The molecule has 2 nitrogen and oxygen atoms in total. The highest BCUT2D eigenvalue weighted by Gasteiger charge is 1.96. The Kier molecular flexibility index (Phi) is 4.35. The lowest BCUT2D eigenvalue weighted by molar-refractivity contribution is 1.14. The summed E-state index contributed by atoms with van der Waals surface area (Å²) < 4.78 is 0. The van der Waals surface area contributed by atoms with Gasteiger partial charge in [0.2, 0.25) is 0 Å². The van der Waals surface area contributed by atoms with Crippen LogP contribution in [-0.4, -0.2) is 0 Å². The number of nitrogens with two attached hydrogens (primary N) is 2. The minimum Gasteiger partial charge on any atom is -0.405 e. The molecule has 0 atom stereocenters. The summed E-state index contributed by atoms with van der Waals surface area (Å²) in [7, 11) is 0. The van der Waals surface area contributed by atoms with Gasteiger partial charge in [-0.15, -0.1) is 0 Å². The molecule has 0 spiro atoms. The Hall–Kier alpha value is -1.70. The molecule has 0 radical (unpaired) electrons. The van der Waals surface area contributed by atoms with Gasteiger partial charge in [-0.1, -0.05) is 36.4 Å². The molecule has 0 fully saturated rings. The zero-order chi connectivity index (χ0) is 10.2. The van der Waals surface area contributed by atoms with Crippen molar-refractivity contribution >= 4 is 0 Å². The lowest BCUT2D eigenvalue weighted by Gasteiger charge is -2.04. The van der Waals surface area contributed by atoms with Crippen LogP contribution in [0.5, 0.6) is 0 Å². The van der Waals surface area contributed by atoms with Crippen molar-refractivity contribution in [3.05, 3.63) is 59.9 Å². The Bertz CT molecular complexity index is 294. The van der Waals surface area contributed by atoms with Gasteiger partial charge in [0.15, 0.2) is 0 Å². The predicted molar refractivity (Wildman–Crippen MR) is 60.5 cm³/mol. The van der Waals surface area contributed by atoms with Crippen LogP contribution in [-0.2, 0) is 12.8 Å². The van der Waals surface area contributed by atoms with Crippen molar-refractivity contribution in [2.24, 2.45) is 11.5 Å². The lowest BCUT2D eigenvalue weighted by atomic mass is 10.0. The molecule has 2 heteroatoms. The Morgan fingerprint density at radius 3 is 1.64 bits per heavy atom. The van der Waals surface area contributed by atoms with E-state index in [1.807, 2.05) is 24.3 Å². The standard InChI is InChI=1S/C12H16N2/c13-9-3-7-11-5-1-2-6-12(11)8-4-10-14/h1-6,9-10H,7-8,13-14H2. The zero-order valence-corrected chi connectivity index (χ0v) is 8.19. The van der Waals surface area contributed by atoms with Crippen molar-refractivity contribution < 1.29 is 0 Å². The molecule has 1 rings (SSSR count). The summed E-state index contributed by atoms with van der Waals surface area (Å²) in [6.45, 7) is 0. The fourth-order valence-electron chi connectivity index (χ4n) is 1.35. The fourth-order valence-corrected chi connectivity index (χ4v) is 1.35. The zero-order valence-electron chi connectivity index (χ0n) is 8.19. The summed E-state index contributed by atoms with van der Waals surface area (Å²) in [6, 6.07) is 8.30. The van der Waals surface area contributed by atoms with E-state index in [2.05, 4.69) is 12.1 Å².